The van der Waals surface area contributed by atoms with Crippen LogP contribution in [0.1, 0.15) is 54.7 Å². The third-order valence-electron chi connectivity index (χ3n) is 6.35. The predicted octanol–water partition coefficient (Wildman–Crippen LogP) is 5.82. The fourth-order valence-corrected chi connectivity index (χ4v) is 4.66. The van der Waals surface area contributed by atoms with Gasteiger partial charge in [0.05, 0.1) is 0 Å². The van der Waals surface area contributed by atoms with Crippen LogP contribution < -0.4 is 4.90 Å². The van der Waals surface area contributed by atoms with Crippen molar-refractivity contribution in [2.24, 2.45) is 5.92 Å². The van der Waals surface area contributed by atoms with Crippen molar-refractivity contribution >= 4 is 11.6 Å². The van der Waals surface area contributed by atoms with Crippen LogP contribution in [0.5, 0.6) is 11.5 Å². The van der Waals surface area contributed by atoms with E-state index in [2.05, 4.69) is 6.07 Å². The Morgan fingerprint density at radius 1 is 0.806 bits per heavy atom. The Hall–Kier alpha value is -3.27. The molecule has 0 bridgehead atoms. The van der Waals surface area contributed by atoms with E-state index in [-0.39, 0.29) is 29.2 Å². The van der Waals surface area contributed by atoms with Gasteiger partial charge in [-0.3, -0.25) is 4.79 Å². The number of amides is 1. The summed E-state index contributed by atoms with van der Waals surface area (Å²) in [5, 5.41) is 19.6. The van der Waals surface area contributed by atoms with Gasteiger partial charge < -0.3 is 15.1 Å². The fraction of sp³-hybridized carbons (Fsp3) is 0.296. The van der Waals surface area contributed by atoms with Gasteiger partial charge in [-0.15, -0.1) is 0 Å². The number of hydrogen-bond acceptors (Lipinski definition) is 3. The molecule has 0 unspecified atom stereocenters. The lowest BCUT2D eigenvalue weighted by Crippen LogP contribution is -2.34. The summed E-state index contributed by atoms with van der Waals surface area (Å²) in [6, 6.07) is 22.4. The zero-order chi connectivity index (χ0) is 21.8. The van der Waals surface area contributed by atoms with Crippen LogP contribution in [0.3, 0.4) is 0 Å². The first-order valence-electron chi connectivity index (χ1n) is 11.0. The minimum atomic E-state index is -0.140. The van der Waals surface area contributed by atoms with E-state index < -0.39 is 0 Å². The van der Waals surface area contributed by atoms with Crippen molar-refractivity contribution in [2.75, 3.05) is 11.9 Å². The van der Waals surface area contributed by atoms with Gasteiger partial charge in [0.25, 0.3) is 0 Å². The third kappa shape index (κ3) is 4.58. The van der Waals surface area contributed by atoms with E-state index in [9.17, 15) is 15.0 Å². The molecule has 4 heteroatoms. The summed E-state index contributed by atoms with van der Waals surface area (Å²) in [7, 11) is 1.88. The number of carbonyl (C=O) groups excluding carboxylic acids is 1. The zero-order valence-electron chi connectivity index (χ0n) is 17.9. The number of carbonyl (C=O) groups is 1. The number of hydrogen-bond donors (Lipinski definition) is 2. The summed E-state index contributed by atoms with van der Waals surface area (Å²) < 4.78 is 0. The van der Waals surface area contributed by atoms with E-state index in [0.29, 0.717) is 0 Å². The van der Waals surface area contributed by atoms with E-state index >= 15 is 0 Å². The van der Waals surface area contributed by atoms with E-state index in [1.165, 1.54) is 6.42 Å². The molecule has 0 spiro atoms. The molecule has 3 aromatic carbocycles. The number of aromatic hydroxyl groups is 2. The van der Waals surface area contributed by atoms with E-state index in [1.54, 1.807) is 24.3 Å². The molecule has 0 radical (unpaired) electrons. The van der Waals surface area contributed by atoms with E-state index in [4.69, 9.17) is 0 Å². The predicted molar refractivity (Wildman–Crippen MR) is 124 cm³/mol. The minimum absolute atomic E-state index is 0.0904. The molecule has 0 aromatic heterocycles. The first kappa shape index (κ1) is 21.0. The molecule has 31 heavy (non-hydrogen) atoms. The lowest BCUT2D eigenvalue weighted by atomic mass is 9.83. The van der Waals surface area contributed by atoms with Gasteiger partial charge in [-0.1, -0.05) is 61.7 Å². The van der Waals surface area contributed by atoms with Gasteiger partial charge in [-0.05, 0) is 59.9 Å². The Labute approximate surface area is 183 Å². The van der Waals surface area contributed by atoms with Gasteiger partial charge >= 0.3 is 0 Å². The Bertz CT molecular complexity index is 976. The Kier molecular flexibility index (Phi) is 6.26. The van der Waals surface area contributed by atoms with Crippen molar-refractivity contribution in [3.63, 3.8) is 0 Å². The number of rotatable bonds is 5. The summed E-state index contributed by atoms with van der Waals surface area (Å²) >= 11 is 0. The molecule has 1 aliphatic rings. The molecule has 2 N–H and O–H groups in total. The highest BCUT2D eigenvalue weighted by molar-refractivity contribution is 5.95. The molecule has 0 saturated heterocycles. The molecule has 0 atom stereocenters. The highest BCUT2D eigenvalue weighted by Gasteiger charge is 2.28. The molecule has 1 aliphatic carbocycles. The first-order valence-corrected chi connectivity index (χ1v) is 11.0. The van der Waals surface area contributed by atoms with Crippen molar-refractivity contribution in [2.45, 2.75) is 38.0 Å². The number of nitrogens with zero attached hydrogens (tertiary/aromatic N) is 1. The van der Waals surface area contributed by atoms with Crippen molar-refractivity contribution in [1.82, 2.24) is 0 Å². The van der Waals surface area contributed by atoms with Gasteiger partial charge in [0.1, 0.15) is 11.5 Å². The van der Waals surface area contributed by atoms with Crippen molar-refractivity contribution in [1.29, 1.82) is 0 Å². The second-order valence-corrected chi connectivity index (χ2v) is 8.41. The second-order valence-electron chi connectivity index (χ2n) is 8.41. The maximum atomic E-state index is 13.3. The summed E-state index contributed by atoms with van der Waals surface area (Å²) in [6.45, 7) is 0. The summed E-state index contributed by atoms with van der Waals surface area (Å²) in [6.07, 6.45) is 5.38. The van der Waals surface area contributed by atoms with Crippen LogP contribution in [-0.4, -0.2) is 23.2 Å². The fourth-order valence-electron chi connectivity index (χ4n) is 4.66. The lowest BCUT2D eigenvalue weighted by Gasteiger charge is -2.30. The molecule has 3 aromatic rings. The molecular formula is C27H29NO3. The molecule has 1 amide bonds. The lowest BCUT2D eigenvalue weighted by molar-refractivity contribution is -0.123. The normalized spacial score (nSPS) is 14.5. The van der Waals surface area contributed by atoms with Gasteiger partial charge in [0.15, 0.2) is 0 Å². The van der Waals surface area contributed by atoms with Gasteiger partial charge in [0, 0.05) is 24.6 Å². The molecule has 0 aliphatic heterocycles. The zero-order valence-corrected chi connectivity index (χ0v) is 17.9. The Balaban J connectivity index is 1.77. The SMILES string of the molecule is CN(C(=O)C1CCCCC1)c1ccccc1C(c1ccc(O)cc1)c1ccc(O)cc1. The first-order chi connectivity index (χ1) is 15.0. The Morgan fingerprint density at radius 2 is 1.32 bits per heavy atom. The minimum Gasteiger partial charge on any atom is -0.508 e. The standard InChI is InChI=1S/C27H29NO3/c1-28(27(31)21-7-3-2-4-8-21)25-10-6-5-9-24(25)26(19-11-15-22(29)16-12-19)20-13-17-23(30)18-14-20/h5-6,9-18,21,26,29-30H,2-4,7-8H2,1H3. The van der Waals surface area contributed by atoms with Crippen molar-refractivity contribution in [3.05, 3.63) is 89.5 Å². The van der Waals surface area contributed by atoms with Crippen LogP contribution in [0.2, 0.25) is 0 Å². The van der Waals surface area contributed by atoms with Crippen molar-refractivity contribution < 1.29 is 15.0 Å². The second kappa shape index (κ2) is 9.25. The molecule has 1 fully saturated rings. The third-order valence-corrected chi connectivity index (χ3v) is 6.35. The average Bonchev–Trinajstić information content (AvgIpc) is 2.81. The average molecular weight is 416 g/mol. The summed E-state index contributed by atoms with van der Waals surface area (Å²) in [4.78, 5) is 15.1. The molecule has 0 heterocycles. The monoisotopic (exact) mass is 415 g/mol. The van der Waals surface area contributed by atoms with Crippen LogP contribution in [0.4, 0.5) is 5.69 Å². The number of benzene rings is 3. The number of anilines is 1. The largest absolute Gasteiger partial charge is 0.508 e. The molecule has 4 rings (SSSR count). The van der Waals surface area contributed by atoms with Crippen LogP contribution in [0, 0.1) is 5.92 Å². The van der Waals surface area contributed by atoms with Gasteiger partial charge in [-0.2, -0.15) is 0 Å². The number of phenolic OH excluding ortho intramolecular Hbond substituents is 2. The number of phenols is 2. The number of para-hydroxylation sites is 1. The molecule has 1 saturated carbocycles. The molecule has 160 valence electrons. The molecule has 4 nitrogen and oxygen atoms in total. The van der Waals surface area contributed by atoms with Crippen LogP contribution in [-0.2, 0) is 4.79 Å². The summed E-state index contributed by atoms with van der Waals surface area (Å²) in [5.74, 6) is 0.561. The quantitative estimate of drug-likeness (QED) is 0.516. The van der Waals surface area contributed by atoms with Crippen LogP contribution >= 0.6 is 0 Å². The topological polar surface area (TPSA) is 60.8 Å². The van der Waals surface area contributed by atoms with Crippen LogP contribution in [0.15, 0.2) is 72.8 Å². The Morgan fingerprint density at radius 3 is 1.87 bits per heavy atom. The summed E-state index contributed by atoms with van der Waals surface area (Å²) in [5.41, 5.74) is 3.93. The molecular weight excluding hydrogens is 386 g/mol. The van der Waals surface area contributed by atoms with Crippen LogP contribution in [0.25, 0.3) is 0 Å². The van der Waals surface area contributed by atoms with Gasteiger partial charge in [-0.25, -0.2) is 0 Å². The highest BCUT2D eigenvalue weighted by atomic mass is 16.3. The smallest absolute Gasteiger partial charge is 0.229 e. The van der Waals surface area contributed by atoms with E-state index in [1.807, 2.05) is 54.4 Å². The van der Waals surface area contributed by atoms with Crippen molar-refractivity contribution in [3.8, 4) is 11.5 Å². The van der Waals surface area contributed by atoms with E-state index in [0.717, 1.165) is 48.1 Å². The maximum absolute atomic E-state index is 13.3. The highest BCUT2D eigenvalue weighted by Crippen LogP contribution is 2.39. The van der Waals surface area contributed by atoms with Gasteiger partial charge in [0.2, 0.25) is 5.91 Å². The maximum Gasteiger partial charge on any atom is 0.229 e.